The molecule has 0 saturated heterocycles. The lowest BCUT2D eigenvalue weighted by Gasteiger charge is -2.25. The fourth-order valence-corrected chi connectivity index (χ4v) is 2.95. The lowest BCUT2D eigenvalue weighted by molar-refractivity contribution is -0.143. The molecule has 0 aromatic rings. The molecular weight excluding hydrogens is 298 g/mol. The van der Waals surface area contributed by atoms with Crippen LogP contribution in [0, 0.1) is 5.92 Å². The number of carbonyl (C=O) groups is 3. The summed E-state index contributed by atoms with van der Waals surface area (Å²) in [5, 5.41) is 14.5. The maximum Gasteiger partial charge on any atom is 0.315 e. The van der Waals surface area contributed by atoms with Crippen molar-refractivity contribution in [3.8, 4) is 0 Å². The summed E-state index contributed by atoms with van der Waals surface area (Å²) < 4.78 is 0. The lowest BCUT2D eigenvalue weighted by Crippen LogP contribution is -2.48. The molecule has 0 aromatic carbocycles. The molecule has 0 heterocycles. The zero-order valence-electron chi connectivity index (χ0n) is 13.7. The molecule has 0 bridgehead atoms. The molecule has 0 spiro atoms. The Labute approximate surface area is 136 Å². The van der Waals surface area contributed by atoms with E-state index in [-0.39, 0.29) is 37.1 Å². The summed E-state index contributed by atoms with van der Waals surface area (Å²) in [7, 11) is 0. The number of carboxylic acid groups (broad SMARTS) is 1. The van der Waals surface area contributed by atoms with Gasteiger partial charge in [-0.25, -0.2) is 4.79 Å². The number of urea groups is 1. The van der Waals surface area contributed by atoms with Crippen molar-refractivity contribution in [3.63, 3.8) is 0 Å². The normalized spacial score (nSPS) is 19.7. The summed E-state index contributed by atoms with van der Waals surface area (Å²) >= 11 is 0. The van der Waals surface area contributed by atoms with Crippen LogP contribution in [0.1, 0.15) is 51.9 Å². The van der Waals surface area contributed by atoms with Gasteiger partial charge in [-0.1, -0.05) is 26.2 Å². The molecule has 2 fully saturated rings. The largest absolute Gasteiger partial charge is 0.481 e. The van der Waals surface area contributed by atoms with E-state index in [1.807, 2.05) is 0 Å². The highest BCUT2D eigenvalue weighted by Crippen LogP contribution is 2.27. The highest BCUT2D eigenvalue weighted by Gasteiger charge is 2.34. The van der Waals surface area contributed by atoms with Crippen LogP contribution in [-0.2, 0) is 9.59 Å². The fourth-order valence-electron chi connectivity index (χ4n) is 2.95. The van der Waals surface area contributed by atoms with E-state index >= 15 is 0 Å². The molecule has 1 unspecified atom stereocenters. The predicted octanol–water partition coefficient (Wildman–Crippen LogP) is 1.33. The summed E-state index contributed by atoms with van der Waals surface area (Å²) in [5.41, 5.74) is 0. The minimum absolute atomic E-state index is 0.0820. The van der Waals surface area contributed by atoms with Gasteiger partial charge in [0, 0.05) is 18.6 Å². The summed E-state index contributed by atoms with van der Waals surface area (Å²) in [5.74, 6) is -1.72. The molecular formula is C16H27N3O4. The number of carboxylic acids is 1. The average molecular weight is 325 g/mol. The maximum atomic E-state index is 12.3. The Morgan fingerprint density at radius 2 is 1.78 bits per heavy atom. The minimum Gasteiger partial charge on any atom is -0.481 e. The van der Waals surface area contributed by atoms with Gasteiger partial charge in [-0.3, -0.25) is 9.59 Å². The second kappa shape index (κ2) is 8.17. The molecule has 2 aliphatic carbocycles. The summed E-state index contributed by atoms with van der Waals surface area (Å²) in [6, 6.07) is 0.0187. The Morgan fingerprint density at radius 1 is 1.13 bits per heavy atom. The number of nitrogens with one attached hydrogen (secondary N) is 2. The van der Waals surface area contributed by atoms with E-state index in [4.69, 9.17) is 5.11 Å². The van der Waals surface area contributed by atoms with Gasteiger partial charge >= 0.3 is 12.0 Å². The van der Waals surface area contributed by atoms with Crippen LogP contribution in [0.3, 0.4) is 0 Å². The third kappa shape index (κ3) is 5.73. The average Bonchev–Trinajstić information content (AvgIpc) is 3.35. The van der Waals surface area contributed by atoms with E-state index in [0.29, 0.717) is 0 Å². The molecule has 2 saturated carbocycles. The van der Waals surface area contributed by atoms with Crippen LogP contribution in [0.5, 0.6) is 0 Å². The van der Waals surface area contributed by atoms with Gasteiger partial charge in [0.2, 0.25) is 5.91 Å². The molecule has 23 heavy (non-hydrogen) atoms. The Morgan fingerprint density at radius 3 is 2.35 bits per heavy atom. The van der Waals surface area contributed by atoms with Crippen LogP contribution in [-0.4, -0.2) is 53.1 Å². The van der Waals surface area contributed by atoms with Crippen molar-refractivity contribution in [2.45, 2.75) is 64.0 Å². The molecule has 0 radical (unpaired) electrons. The fraction of sp³-hybridized carbons (Fsp3) is 0.812. The van der Waals surface area contributed by atoms with Crippen LogP contribution in [0.25, 0.3) is 0 Å². The SMILES string of the molecule is CC(CN(C(=O)CNC(=O)NC1CCCCC1)C1CC1)C(=O)O. The molecule has 130 valence electrons. The second-order valence-electron chi connectivity index (χ2n) is 6.68. The van der Waals surface area contributed by atoms with Crippen molar-refractivity contribution in [3.05, 3.63) is 0 Å². The Hall–Kier alpha value is -1.79. The Bertz CT molecular complexity index is 445. The highest BCUT2D eigenvalue weighted by atomic mass is 16.4. The Balaban J connectivity index is 1.74. The van der Waals surface area contributed by atoms with Gasteiger partial charge in [-0.15, -0.1) is 0 Å². The highest BCUT2D eigenvalue weighted by molar-refractivity contribution is 5.84. The van der Waals surface area contributed by atoms with Crippen LogP contribution < -0.4 is 10.6 Å². The number of hydrogen-bond acceptors (Lipinski definition) is 3. The van der Waals surface area contributed by atoms with Crippen molar-refractivity contribution >= 4 is 17.9 Å². The molecule has 3 amide bonds. The lowest BCUT2D eigenvalue weighted by atomic mass is 9.96. The van der Waals surface area contributed by atoms with E-state index in [1.165, 1.54) is 6.42 Å². The van der Waals surface area contributed by atoms with E-state index in [2.05, 4.69) is 10.6 Å². The molecule has 2 aliphatic rings. The maximum absolute atomic E-state index is 12.3. The van der Waals surface area contributed by atoms with Crippen molar-refractivity contribution in [2.75, 3.05) is 13.1 Å². The first-order valence-electron chi connectivity index (χ1n) is 8.54. The molecule has 7 nitrogen and oxygen atoms in total. The van der Waals surface area contributed by atoms with Crippen molar-refractivity contribution in [1.82, 2.24) is 15.5 Å². The van der Waals surface area contributed by atoms with E-state index in [9.17, 15) is 14.4 Å². The van der Waals surface area contributed by atoms with Gasteiger partial charge in [0.1, 0.15) is 0 Å². The van der Waals surface area contributed by atoms with Crippen molar-refractivity contribution in [1.29, 1.82) is 0 Å². The van der Waals surface area contributed by atoms with Gasteiger partial charge in [0.05, 0.1) is 12.5 Å². The first-order chi connectivity index (χ1) is 11.0. The number of aliphatic carboxylic acids is 1. The van der Waals surface area contributed by atoms with Crippen LogP contribution in [0.15, 0.2) is 0 Å². The van der Waals surface area contributed by atoms with Gasteiger partial charge in [-0.05, 0) is 25.7 Å². The van der Waals surface area contributed by atoms with Crippen LogP contribution in [0.4, 0.5) is 4.79 Å². The standard InChI is InChI=1S/C16H27N3O4/c1-11(15(21)22)10-19(13-7-8-13)14(20)9-17-16(23)18-12-5-3-2-4-6-12/h11-13H,2-10H2,1H3,(H,21,22)(H2,17,18,23). The summed E-state index contributed by atoms with van der Waals surface area (Å²) in [6.07, 6.45) is 7.28. The van der Waals surface area contributed by atoms with Crippen LogP contribution >= 0.6 is 0 Å². The number of hydrogen-bond donors (Lipinski definition) is 3. The van der Waals surface area contributed by atoms with Gasteiger partial charge in [0.25, 0.3) is 0 Å². The number of carbonyl (C=O) groups excluding carboxylic acids is 2. The van der Waals surface area contributed by atoms with Gasteiger partial charge in [0.15, 0.2) is 0 Å². The summed E-state index contributed by atoms with van der Waals surface area (Å²) in [6.45, 7) is 1.71. The second-order valence-corrected chi connectivity index (χ2v) is 6.68. The van der Waals surface area contributed by atoms with E-state index in [0.717, 1.165) is 38.5 Å². The predicted molar refractivity (Wildman–Crippen MR) is 84.9 cm³/mol. The smallest absolute Gasteiger partial charge is 0.315 e. The molecule has 0 aromatic heterocycles. The topological polar surface area (TPSA) is 98.7 Å². The van der Waals surface area contributed by atoms with E-state index < -0.39 is 11.9 Å². The van der Waals surface area contributed by atoms with E-state index in [1.54, 1.807) is 11.8 Å². The van der Waals surface area contributed by atoms with Crippen LogP contribution in [0.2, 0.25) is 0 Å². The Kier molecular flexibility index (Phi) is 6.24. The minimum atomic E-state index is -0.911. The molecule has 0 aliphatic heterocycles. The number of rotatable bonds is 7. The zero-order chi connectivity index (χ0) is 16.8. The van der Waals surface area contributed by atoms with Crippen molar-refractivity contribution in [2.24, 2.45) is 5.92 Å². The molecule has 3 N–H and O–H groups in total. The molecule has 1 atom stereocenters. The van der Waals surface area contributed by atoms with Gasteiger partial charge < -0.3 is 20.6 Å². The molecule has 2 rings (SSSR count). The third-order valence-electron chi connectivity index (χ3n) is 4.54. The first-order valence-corrected chi connectivity index (χ1v) is 8.54. The van der Waals surface area contributed by atoms with Gasteiger partial charge in [-0.2, -0.15) is 0 Å². The zero-order valence-corrected chi connectivity index (χ0v) is 13.7. The van der Waals surface area contributed by atoms with Crippen molar-refractivity contribution < 1.29 is 19.5 Å². The number of nitrogens with zero attached hydrogens (tertiary/aromatic N) is 1. The molecule has 7 heteroatoms. The summed E-state index contributed by atoms with van der Waals surface area (Å²) in [4.78, 5) is 36.7. The number of amides is 3. The first kappa shape index (κ1) is 17.6. The third-order valence-corrected chi connectivity index (χ3v) is 4.54. The quantitative estimate of drug-likeness (QED) is 0.657. The monoisotopic (exact) mass is 325 g/mol.